The highest BCUT2D eigenvalue weighted by Crippen LogP contribution is 2.37. The van der Waals surface area contributed by atoms with Crippen LogP contribution in [-0.4, -0.2) is 51.1 Å². The summed E-state index contributed by atoms with van der Waals surface area (Å²) in [6, 6.07) is 3.50. The number of anilines is 1. The van der Waals surface area contributed by atoms with Gasteiger partial charge in [-0.1, -0.05) is 30.9 Å². The van der Waals surface area contributed by atoms with Crippen LogP contribution in [0.15, 0.2) is 24.5 Å². The number of likely N-dealkylation sites (N-methyl/N-ethyl adjacent to an activating group) is 1. The van der Waals surface area contributed by atoms with Crippen LogP contribution in [0, 0.1) is 0 Å². The van der Waals surface area contributed by atoms with Crippen molar-refractivity contribution in [3.8, 4) is 11.3 Å². The summed E-state index contributed by atoms with van der Waals surface area (Å²) in [5, 5.41) is 8.04. The summed E-state index contributed by atoms with van der Waals surface area (Å²) in [6.45, 7) is -0.591. The molecule has 1 fully saturated rings. The minimum atomic E-state index is -2.57. The third kappa shape index (κ3) is 4.43. The van der Waals surface area contributed by atoms with Gasteiger partial charge in [-0.25, -0.2) is 13.8 Å². The minimum Gasteiger partial charge on any atom is -0.371 e. The molecule has 9 heteroatoms. The van der Waals surface area contributed by atoms with Crippen LogP contribution in [0.1, 0.15) is 32.1 Å². The predicted octanol–water partition coefficient (Wildman–Crippen LogP) is 3.97. The number of rotatable bonds is 6. The number of pyridine rings is 1. The zero-order chi connectivity index (χ0) is 20.3. The Kier molecular flexibility index (Phi) is 6.17. The number of amides is 1. The number of carbonyl (C=O) groups excluding carboxylic acids is 1. The lowest BCUT2D eigenvalue weighted by molar-refractivity contribution is -0.137. The maximum Gasteiger partial charge on any atom is 0.255 e. The lowest BCUT2D eigenvalue weighted by Gasteiger charge is -2.40. The molecule has 28 heavy (non-hydrogen) atoms. The van der Waals surface area contributed by atoms with Crippen molar-refractivity contribution in [3.63, 3.8) is 0 Å². The van der Waals surface area contributed by atoms with E-state index < -0.39 is 18.5 Å². The van der Waals surface area contributed by atoms with Crippen LogP contribution >= 0.6 is 11.6 Å². The molecule has 0 radical (unpaired) electrons. The molecule has 0 unspecified atom stereocenters. The van der Waals surface area contributed by atoms with Gasteiger partial charge in [-0.2, -0.15) is 5.10 Å². The van der Waals surface area contributed by atoms with Crippen molar-refractivity contribution in [3.05, 3.63) is 29.7 Å². The summed E-state index contributed by atoms with van der Waals surface area (Å²) in [4.78, 5) is 18.4. The lowest BCUT2D eigenvalue weighted by Crippen LogP contribution is -2.55. The first kappa shape index (κ1) is 20.5. The van der Waals surface area contributed by atoms with Crippen molar-refractivity contribution >= 4 is 23.2 Å². The molecule has 0 saturated heterocycles. The van der Waals surface area contributed by atoms with Crippen molar-refractivity contribution in [2.75, 3.05) is 18.9 Å². The molecule has 2 heterocycles. The highest BCUT2D eigenvalue weighted by atomic mass is 35.5. The predicted molar refractivity (Wildman–Crippen MR) is 105 cm³/mol. The van der Waals surface area contributed by atoms with Gasteiger partial charge in [0.1, 0.15) is 10.7 Å². The second-order valence-corrected chi connectivity index (χ2v) is 7.66. The first-order valence-electron chi connectivity index (χ1n) is 9.28. The summed E-state index contributed by atoms with van der Waals surface area (Å²) in [6.07, 6.45) is 4.69. The molecule has 1 aliphatic carbocycles. The molecule has 1 amide bonds. The average Bonchev–Trinajstić information content (AvgIpc) is 3.07. The van der Waals surface area contributed by atoms with Crippen molar-refractivity contribution in [1.82, 2.24) is 19.7 Å². The van der Waals surface area contributed by atoms with E-state index in [4.69, 9.17) is 11.6 Å². The van der Waals surface area contributed by atoms with E-state index in [1.54, 1.807) is 16.9 Å². The Balaban J connectivity index is 1.97. The smallest absolute Gasteiger partial charge is 0.255 e. The van der Waals surface area contributed by atoms with Gasteiger partial charge in [-0.15, -0.1) is 0 Å². The Bertz CT molecular complexity index is 835. The van der Waals surface area contributed by atoms with E-state index in [1.165, 1.54) is 7.05 Å². The highest BCUT2D eigenvalue weighted by molar-refractivity contribution is 6.29. The van der Waals surface area contributed by atoms with E-state index in [-0.39, 0.29) is 11.1 Å². The Hall–Kier alpha value is -2.22. The SMILES string of the molecule is CN(CC(F)F)C(=O)C1(Nc2cc(Cl)ncc2-c2ccn(C)n2)CCCCC1. The number of aromatic nitrogens is 3. The lowest BCUT2D eigenvalue weighted by atomic mass is 9.80. The zero-order valence-corrected chi connectivity index (χ0v) is 16.7. The standard InChI is InChI=1S/C19H24ClF2N5O/c1-26(12-17(21)22)18(28)19(7-4-3-5-8-19)24-15-10-16(20)23-11-13(15)14-6-9-27(2)25-14/h6,9-11,17H,3-5,7-8,12H2,1-2H3,(H,23,24). The van der Waals surface area contributed by atoms with E-state index in [0.717, 1.165) is 24.2 Å². The molecule has 1 N–H and O–H groups in total. The van der Waals surface area contributed by atoms with E-state index in [2.05, 4.69) is 15.4 Å². The highest BCUT2D eigenvalue weighted by Gasteiger charge is 2.42. The maximum absolute atomic E-state index is 13.2. The monoisotopic (exact) mass is 411 g/mol. The van der Waals surface area contributed by atoms with Crippen LogP contribution in [0.4, 0.5) is 14.5 Å². The van der Waals surface area contributed by atoms with E-state index in [9.17, 15) is 13.6 Å². The zero-order valence-electron chi connectivity index (χ0n) is 16.0. The largest absolute Gasteiger partial charge is 0.371 e. The molecule has 3 rings (SSSR count). The van der Waals surface area contributed by atoms with Crippen molar-refractivity contribution in [2.45, 2.75) is 44.1 Å². The molecule has 0 aromatic carbocycles. The molecule has 2 aromatic heterocycles. The number of carbonyl (C=O) groups is 1. The Morgan fingerprint density at radius 2 is 2.11 bits per heavy atom. The molecular formula is C19H24ClF2N5O. The quantitative estimate of drug-likeness (QED) is 0.730. The van der Waals surface area contributed by atoms with E-state index >= 15 is 0 Å². The number of alkyl halides is 2. The van der Waals surface area contributed by atoms with Gasteiger partial charge in [-0.05, 0) is 25.0 Å². The summed E-state index contributed by atoms with van der Waals surface area (Å²) < 4.78 is 27.4. The van der Waals surface area contributed by atoms with Gasteiger partial charge >= 0.3 is 0 Å². The van der Waals surface area contributed by atoms with Gasteiger partial charge in [0, 0.05) is 37.7 Å². The van der Waals surface area contributed by atoms with E-state index in [1.807, 2.05) is 19.3 Å². The molecule has 1 saturated carbocycles. The number of hydrogen-bond donors (Lipinski definition) is 1. The Labute approximate surface area is 167 Å². The fourth-order valence-corrected chi connectivity index (χ4v) is 3.91. The van der Waals surface area contributed by atoms with Gasteiger partial charge in [-0.3, -0.25) is 9.48 Å². The van der Waals surface area contributed by atoms with Crippen molar-refractivity contribution in [2.24, 2.45) is 7.05 Å². The van der Waals surface area contributed by atoms with Gasteiger partial charge in [0.2, 0.25) is 5.91 Å². The molecule has 2 aromatic rings. The van der Waals surface area contributed by atoms with Crippen molar-refractivity contribution < 1.29 is 13.6 Å². The average molecular weight is 412 g/mol. The minimum absolute atomic E-state index is 0.279. The molecule has 152 valence electrons. The van der Waals surface area contributed by atoms with Gasteiger partial charge in [0.05, 0.1) is 12.2 Å². The van der Waals surface area contributed by atoms with Gasteiger partial charge in [0.25, 0.3) is 6.43 Å². The molecule has 0 aliphatic heterocycles. The normalized spacial score (nSPS) is 16.2. The number of hydrogen-bond acceptors (Lipinski definition) is 4. The van der Waals surface area contributed by atoms with E-state index in [0.29, 0.717) is 29.8 Å². The van der Waals surface area contributed by atoms with Crippen LogP contribution in [0.3, 0.4) is 0 Å². The molecule has 0 bridgehead atoms. The molecular weight excluding hydrogens is 388 g/mol. The summed E-state index contributed by atoms with van der Waals surface area (Å²) >= 11 is 6.11. The number of halogens is 3. The number of aryl methyl sites for hydroxylation is 1. The fourth-order valence-electron chi connectivity index (χ4n) is 3.76. The van der Waals surface area contributed by atoms with Crippen LogP contribution in [0.25, 0.3) is 11.3 Å². The number of nitrogens with zero attached hydrogens (tertiary/aromatic N) is 4. The van der Waals surface area contributed by atoms with Crippen LogP contribution < -0.4 is 5.32 Å². The third-order valence-electron chi connectivity index (χ3n) is 5.11. The molecule has 1 aliphatic rings. The molecule has 6 nitrogen and oxygen atoms in total. The molecule has 0 spiro atoms. The van der Waals surface area contributed by atoms with Gasteiger partial charge < -0.3 is 10.2 Å². The van der Waals surface area contributed by atoms with Gasteiger partial charge in [0.15, 0.2) is 0 Å². The topological polar surface area (TPSA) is 63.1 Å². The first-order chi connectivity index (χ1) is 13.3. The van der Waals surface area contributed by atoms with Crippen molar-refractivity contribution in [1.29, 1.82) is 0 Å². The van der Waals surface area contributed by atoms with Crippen LogP contribution in [0.5, 0.6) is 0 Å². The molecule has 0 atom stereocenters. The Morgan fingerprint density at radius 3 is 2.71 bits per heavy atom. The fraction of sp³-hybridized carbons (Fsp3) is 0.526. The van der Waals surface area contributed by atoms with Crippen LogP contribution in [0.2, 0.25) is 5.15 Å². The summed E-state index contributed by atoms with van der Waals surface area (Å²) in [5.74, 6) is -0.326. The summed E-state index contributed by atoms with van der Waals surface area (Å²) in [7, 11) is 3.23. The third-order valence-corrected chi connectivity index (χ3v) is 5.32. The Morgan fingerprint density at radius 1 is 1.39 bits per heavy atom. The first-order valence-corrected chi connectivity index (χ1v) is 9.66. The second kappa shape index (κ2) is 8.43. The van der Waals surface area contributed by atoms with Crippen LogP contribution in [-0.2, 0) is 11.8 Å². The number of nitrogens with one attached hydrogen (secondary N) is 1. The second-order valence-electron chi connectivity index (χ2n) is 7.27. The summed E-state index contributed by atoms with van der Waals surface area (Å²) in [5.41, 5.74) is 1.07. The maximum atomic E-state index is 13.2.